The normalized spacial score (nSPS) is 17.4. The van der Waals surface area contributed by atoms with Gasteiger partial charge in [0, 0.05) is 67.5 Å². The molecule has 5 rings (SSSR count). The fourth-order valence-electron chi connectivity index (χ4n) is 5.06. The fraction of sp³-hybridized carbons (Fsp3) is 0.393. The van der Waals surface area contributed by atoms with Crippen molar-refractivity contribution in [2.24, 2.45) is 0 Å². The number of benzene rings is 2. The van der Waals surface area contributed by atoms with Crippen LogP contribution in [0.2, 0.25) is 5.02 Å². The third kappa shape index (κ3) is 6.33. The van der Waals surface area contributed by atoms with Crippen molar-refractivity contribution < 1.29 is 13.2 Å². The molecule has 2 aliphatic rings. The molecular formula is C28H33ClN4O3S. The number of rotatable bonds is 8. The topological polar surface area (TPSA) is 67.7 Å². The lowest BCUT2D eigenvalue weighted by Gasteiger charge is -2.27. The molecule has 1 fully saturated rings. The first-order valence-corrected chi connectivity index (χ1v) is 15.0. The number of aryl methyl sites for hydroxylation is 1. The molecule has 0 unspecified atom stereocenters. The van der Waals surface area contributed by atoms with Crippen LogP contribution >= 0.6 is 11.6 Å². The quantitative estimate of drug-likeness (QED) is 0.396. The van der Waals surface area contributed by atoms with Crippen LogP contribution in [0.4, 0.5) is 0 Å². The summed E-state index contributed by atoms with van der Waals surface area (Å²) in [6.07, 6.45) is 7.02. The lowest BCUT2D eigenvalue weighted by Crippen LogP contribution is -2.37. The molecule has 9 heteroatoms. The Labute approximate surface area is 224 Å². The average Bonchev–Trinajstić information content (AvgIpc) is 3.26. The third-order valence-corrected chi connectivity index (χ3v) is 8.52. The zero-order chi connectivity index (χ0) is 25.8. The molecule has 0 saturated carbocycles. The molecule has 0 aliphatic carbocycles. The highest BCUT2D eigenvalue weighted by Gasteiger charge is 2.30. The van der Waals surface area contributed by atoms with Gasteiger partial charge in [0.15, 0.2) is 0 Å². The van der Waals surface area contributed by atoms with Crippen molar-refractivity contribution in [2.75, 3.05) is 45.6 Å². The zero-order valence-corrected chi connectivity index (χ0v) is 22.7. The molecule has 3 heterocycles. The molecule has 0 radical (unpaired) electrons. The first-order valence-electron chi connectivity index (χ1n) is 12.8. The molecule has 3 aromatic rings. The van der Waals surface area contributed by atoms with Gasteiger partial charge in [-0.25, -0.2) is 8.42 Å². The van der Waals surface area contributed by atoms with Crippen LogP contribution < -0.4 is 0 Å². The molecule has 2 aromatic carbocycles. The average molecular weight is 541 g/mol. The van der Waals surface area contributed by atoms with Gasteiger partial charge in [0.25, 0.3) is 0 Å². The lowest BCUT2D eigenvalue weighted by atomic mass is 9.97. The summed E-state index contributed by atoms with van der Waals surface area (Å²) >= 11 is 6.40. The second-order valence-electron chi connectivity index (χ2n) is 9.63. The minimum Gasteiger partial charge on any atom is -0.379 e. The Morgan fingerprint density at radius 1 is 1.03 bits per heavy atom. The first-order chi connectivity index (χ1) is 17.9. The predicted octanol–water partition coefficient (Wildman–Crippen LogP) is 4.41. The minimum atomic E-state index is -3.31. The van der Waals surface area contributed by atoms with Gasteiger partial charge in [0.1, 0.15) is 0 Å². The summed E-state index contributed by atoms with van der Waals surface area (Å²) in [6.45, 7) is 6.10. The van der Waals surface area contributed by atoms with E-state index in [1.807, 2.05) is 36.4 Å². The molecular weight excluding hydrogens is 508 g/mol. The van der Waals surface area contributed by atoms with Crippen LogP contribution in [0.3, 0.4) is 0 Å². The van der Waals surface area contributed by atoms with Crippen LogP contribution in [-0.2, 0) is 34.3 Å². The van der Waals surface area contributed by atoms with Crippen LogP contribution in [-0.4, -0.2) is 73.1 Å². The van der Waals surface area contributed by atoms with Crippen molar-refractivity contribution in [2.45, 2.75) is 25.9 Å². The van der Waals surface area contributed by atoms with Crippen molar-refractivity contribution in [3.8, 4) is 11.3 Å². The van der Waals surface area contributed by atoms with Gasteiger partial charge < -0.3 is 4.74 Å². The summed E-state index contributed by atoms with van der Waals surface area (Å²) < 4.78 is 34.0. The van der Waals surface area contributed by atoms with Crippen molar-refractivity contribution in [3.05, 3.63) is 75.9 Å². The van der Waals surface area contributed by atoms with E-state index in [4.69, 9.17) is 21.4 Å². The Balaban J connectivity index is 1.49. The molecule has 1 aromatic heterocycles. The summed E-state index contributed by atoms with van der Waals surface area (Å²) in [5.41, 5.74) is 5.94. The van der Waals surface area contributed by atoms with Crippen molar-refractivity contribution in [1.29, 1.82) is 0 Å². The molecule has 0 N–H and O–H groups in total. The Kier molecular flexibility index (Phi) is 8.12. The van der Waals surface area contributed by atoms with Gasteiger partial charge in [0.05, 0.1) is 25.2 Å². The zero-order valence-electron chi connectivity index (χ0n) is 21.1. The number of hydrogen-bond donors (Lipinski definition) is 0. The van der Waals surface area contributed by atoms with E-state index in [1.54, 1.807) is 4.31 Å². The molecule has 0 bridgehead atoms. The number of nitrogens with zero attached hydrogens (tertiary/aromatic N) is 4. The summed E-state index contributed by atoms with van der Waals surface area (Å²) in [7, 11) is -3.31. The number of hydrogen-bond acceptors (Lipinski definition) is 5. The molecule has 196 valence electrons. The van der Waals surface area contributed by atoms with Crippen LogP contribution in [0.15, 0.2) is 48.5 Å². The second-order valence-corrected chi connectivity index (χ2v) is 12.0. The van der Waals surface area contributed by atoms with Gasteiger partial charge in [0.2, 0.25) is 10.0 Å². The monoisotopic (exact) mass is 540 g/mol. The van der Waals surface area contributed by atoms with Crippen LogP contribution in [0.1, 0.15) is 28.8 Å². The fourth-order valence-corrected chi connectivity index (χ4v) is 6.02. The van der Waals surface area contributed by atoms with E-state index < -0.39 is 10.0 Å². The molecule has 0 spiro atoms. The maximum Gasteiger partial charge on any atom is 0.211 e. The number of fused-ring (bicyclic) bond motifs is 1. The highest BCUT2D eigenvalue weighted by molar-refractivity contribution is 7.88. The summed E-state index contributed by atoms with van der Waals surface area (Å²) in [5.74, 6) is 0. The number of sulfonamides is 1. The molecule has 0 atom stereocenters. The number of morpholine rings is 1. The number of halogens is 1. The van der Waals surface area contributed by atoms with E-state index in [0.29, 0.717) is 24.5 Å². The van der Waals surface area contributed by atoms with E-state index >= 15 is 0 Å². The van der Waals surface area contributed by atoms with Crippen molar-refractivity contribution in [3.63, 3.8) is 0 Å². The highest BCUT2D eigenvalue weighted by Crippen LogP contribution is 2.35. The van der Waals surface area contributed by atoms with Crippen molar-refractivity contribution in [1.82, 2.24) is 19.0 Å². The maximum absolute atomic E-state index is 12.4. The highest BCUT2D eigenvalue weighted by atomic mass is 35.5. The summed E-state index contributed by atoms with van der Waals surface area (Å²) in [5, 5.41) is 5.73. The van der Waals surface area contributed by atoms with E-state index in [9.17, 15) is 8.42 Å². The Morgan fingerprint density at radius 2 is 1.81 bits per heavy atom. The number of ether oxygens (including phenoxy) is 1. The molecule has 37 heavy (non-hydrogen) atoms. The van der Waals surface area contributed by atoms with Crippen LogP contribution in [0.5, 0.6) is 0 Å². The van der Waals surface area contributed by atoms with Crippen LogP contribution in [0.25, 0.3) is 23.4 Å². The van der Waals surface area contributed by atoms with Gasteiger partial charge in [-0.05, 0) is 29.7 Å². The lowest BCUT2D eigenvalue weighted by molar-refractivity contribution is 0.0368. The van der Waals surface area contributed by atoms with Gasteiger partial charge >= 0.3 is 0 Å². The number of aromatic nitrogens is 2. The van der Waals surface area contributed by atoms with E-state index in [2.05, 4.69) is 33.9 Å². The molecule has 0 amide bonds. The van der Waals surface area contributed by atoms with Gasteiger partial charge in [-0.15, -0.1) is 0 Å². The molecule has 7 nitrogen and oxygen atoms in total. The molecule has 2 aliphatic heterocycles. The third-order valence-electron chi connectivity index (χ3n) is 7.04. The second kappa shape index (κ2) is 11.5. The smallest absolute Gasteiger partial charge is 0.211 e. The summed E-state index contributed by atoms with van der Waals surface area (Å²) in [6, 6.07) is 15.9. The largest absolute Gasteiger partial charge is 0.379 e. The molecule has 1 saturated heterocycles. The predicted molar refractivity (Wildman–Crippen MR) is 149 cm³/mol. The Bertz CT molecular complexity index is 1370. The van der Waals surface area contributed by atoms with E-state index in [0.717, 1.165) is 79.5 Å². The van der Waals surface area contributed by atoms with Gasteiger partial charge in [-0.2, -0.15) is 9.40 Å². The summed E-state index contributed by atoms with van der Waals surface area (Å²) in [4.78, 5) is 2.43. The standard InChI is InChI=1S/C28H33ClN4O3S/c1-37(34,35)32-15-12-27-26(21-32)28(30-33(27)14-5-13-31-16-18-36-19-17-31)25-11-10-24(29)20-23(25)9-8-22-6-3-2-4-7-22/h2-4,6-11,20H,5,12-19,21H2,1H3. The first kappa shape index (κ1) is 26.1. The van der Waals surface area contributed by atoms with Gasteiger partial charge in [-0.1, -0.05) is 60.2 Å². The van der Waals surface area contributed by atoms with E-state index in [1.165, 1.54) is 6.26 Å². The minimum absolute atomic E-state index is 0.331. The Hall–Kier alpha value is -2.49. The van der Waals surface area contributed by atoms with Crippen molar-refractivity contribution >= 4 is 33.8 Å². The maximum atomic E-state index is 12.4. The van der Waals surface area contributed by atoms with Crippen LogP contribution in [0, 0.1) is 0 Å². The Morgan fingerprint density at radius 3 is 2.57 bits per heavy atom. The van der Waals surface area contributed by atoms with Gasteiger partial charge in [-0.3, -0.25) is 9.58 Å². The SMILES string of the molecule is CS(=O)(=O)N1CCc2c(c(-c3ccc(Cl)cc3C=Cc3ccccc3)nn2CCCN2CCOCC2)C1. The van der Waals surface area contributed by atoms with E-state index in [-0.39, 0.29) is 0 Å².